The minimum absolute atomic E-state index is 0.0655. The lowest BCUT2D eigenvalue weighted by molar-refractivity contribution is -0.819. The van der Waals surface area contributed by atoms with E-state index in [1.54, 1.807) is 0 Å². The SMILES string of the molecule is O=C(N[C@@H]1COCC[C@@]12C[N+]21CCCC1)c1ccc(C(F)(F)F)cc1C1CC1. The molecule has 2 spiro atoms. The predicted molar refractivity (Wildman–Crippen MR) is 96.9 cm³/mol. The molecule has 1 N–H and O–H groups in total. The van der Waals surface area contributed by atoms with Crippen LogP contribution in [0.5, 0.6) is 0 Å². The average molecular weight is 395 g/mol. The molecule has 28 heavy (non-hydrogen) atoms. The zero-order valence-corrected chi connectivity index (χ0v) is 15.9. The molecular weight excluding hydrogens is 369 g/mol. The summed E-state index contributed by atoms with van der Waals surface area (Å²) >= 11 is 0. The summed E-state index contributed by atoms with van der Waals surface area (Å²) in [6.45, 7) is 4.63. The van der Waals surface area contributed by atoms with Crippen LogP contribution in [0.25, 0.3) is 0 Å². The Morgan fingerprint density at radius 1 is 1.21 bits per heavy atom. The van der Waals surface area contributed by atoms with Gasteiger partial charge in [-0.3, -0.25) is 4.79 Å². The van der Waals surface area contributed by atoms with Crippen LogP contribution in [0.2, 0.25) is 0 Å². The van der Waals surface area contributed by atoms with Crippen molar-refractivity contribution in [3.05, 3.63) is 34.9 Å². The molecular formula is C21H26F3N2O2+. The highest BCUT2D eigenvalue weighted by Crippen LogP contribution is 2.52. The lowest BCUT2D eigenvalue weighted by atomic mass is 9.92. The Morgan fingerprint density at radius 2 is 1.96 bits per heavy atom. The van der Waals surface area contributed by atoms with Crippen molar-refractivity contribution in [1.29, 1.82) is 0 Å². The van der Waals surface area contributed by atoms with Gasteiger partial charge in [-0.2, -0.15) is 13.2 Å². The fourth-order valence-corrected chi connectivity index (χ4v) is 5.66. The predicted octanol–water partition coefficient (Wildman–Crippen LogP) is 3.46. The van der Waals surface area contributed by atoms with Gasteiger partial charge < -0.3 is 14.5 Å². The van der Waals surface area contributed by atoms with Crippen molar-refractivity contribution in [2.75, 3.05) is 32.8 Å². The van der Waals surface area contributed by atoms with Crippen LogP contribution < -0.4 is 5.32 Å². The monoisotopic (exact) mass is 395 g/mol. The van der Waals surface area contributed by atoms with Crippen LogP contribution in [0.4, 0.5) is 13.2 Å². The molecule has 1 aromatic rings. The number of carbonyl (C=O) groups excluding carboxylic acids is 1. The zero-order valence-electron chi connectivity index (χ0n) is 15.9. The van der Waals surface area contributed by atoms with Crippen LogP contribution in [0.15, 0.2) is 18.2 Å². The van der Waals surface area contributed by atoms with E-state index in [0.717, 1.165) is 43.0 Å². The molecule has 0 radical (unpaired) electrons. The van der Waals surface area contributed by atoms with Gasteiger partial charge in [0.1, 0.15) is 12.6 Å². The van der Waals surface area contributed by atoms with E-state index >= 15 is 0 Å². The van der Waals surface area contributed by atoms with Crippen molar-refractivity contribution < 1.29 is 27.2 Å². The standard InChI is InChI=1S/C21H25F3N2O2/c22-21(23,24)15-5-6-16(17(11-15)14-3-4-14)19(27)25-18-12-28-10-7-20(18)13-26(20)8-1-2-9-26/h5-6,11,14,18H,1-4,7-10,12-13H2/p+1/t18-,20-/m1/s1. The van der Waals surface area contributed by atoms with Gasteiger partial charge in [0, 0.05) is 24.8 Å². The molecule has 5 rings (SSSR count). The number of fused-ring (bicyclic) bond motifs is 1. The summed E-state index contributed by atoms with van der Waals surface area (Å²) in [5.41, 5.74) is 0.326. The van der Waals surface area contributed by atoms with Crippen molar-refractivity contribution in [2.45, 2.75) is 55.8 Å². The Balaban J connectivity index is 1.39. The van der Waals surface area contributed by atoms with E-state index < -0.39 is 11.7 Å². The van der Waals surface area contributed by atoms with E-state index in [1.165, 1.54) is 38.1 Å². The van der Waals surface area contributed by atoms with E-state index in [0.29, 0.717) is 17.7 Å². The van der Waals surface area contributed by atoms with Crippen LogP contribution >= 0.6 is 0 Å². The first-order valence-corrected chi connectivity index (χ1v) is 10.3. The molecule has 4 nitrogen and oxygen atoms in total. The minimum Gasteiger partial charge on any atom is -0.379 e. The van der Waals surface area contributed by atoms with Gasteiger partial charge in [0.25, 0.3) is 5.91 Å². The molecule has 1 aliphatic carbocycles. The molecule has 7 heteroatoms. The van der Waals surface area contributed by atoms with Gasteiger partial charge in [-0.15, -0.1) is 0 Å². The second-order valence-electron chi connectivity index (χ2n) is 8.99. The molecule has 152 valence electrons. The molecule has 3 saturated heterocycles. The van der Waals surface area contributed by atoms with E-state index in [1.807, 2.05) is 0 Å². The summed E-state index contributed by atoms with van der Waals surface area (Å²) in [6.07, 6.45) is 0.707. The highest BCUT2D eigenvalue weighted by molar-refractivity contribution is 5.96. The number of nitrogens with one attached hydrogen (secondary N) is 1. The number of ether oxygens (including phenoxy) is 1. The molecule has 3 heterocycles. The summed E-state index contributed by atoms with van der Waals surface area (Å²) < 4.78 is 46.1. The lowest BCUT2D eigenvalue weighted by Crippen LogP contribution is -2.56. The van der Waals surface area contributed by atoms with Gasteiger partial charge in [0.2, 0.25) is 0 Å². The molecule has 4 fully saturated rings. The minimum atomic E-state index is -4.39. The summed E-state index contributed by atoms with van der Waals surface area (Å²) in [4.78, 5) is 13.1. The molecule has 0 bridgehead atoms. The third-order valence-corrected chi connectivity index (χ3v) is 7.40. The number of hydrogen-bond donors (Lipinski definition) is 1. The van der Waals surface area contributed by atoms with E-state index in [-0.39, 0.29) is 23.4 Å². The number of amides is 1. The maximum Gasteiger partial charge on any atom is 0.416 e. The number of benzene rings is 1. The third kappa shape index (κ3) is 2.86. The summed E-state index contributed by atoms with van der Waals surface area (Å²) in [5, 5.41) is 3.16. The van der Waals surface area contributed by atoms with Crippen molar-refractivity contribution in [3.63, 3.8) is 0 Å². The van der Waals surface area contributed by atoms with Gasteiger partial charge in [0.15, 0.2) is 5.54 Å². The number of quaternary nitrogens is 1. The topological polar surface area (TPSA) is 38.3 Å². The van der Waals surface area contributed by atoms with Gasteiger partial charge >= 0.3 is 6.18 Å². The highest BCUT2D eigenvalue weighted by Gasteiger charge is 2.74. The molecule has 2 atom stereocenters. The maximum absolute atomic E-state index is 13.1. The summed E-state index contributed by atoms with van der Waals surface area (Å²) in [7, 11) is 0. The van der Waals surface area contributed by atoms with Crippen molar-refractivity contribution in [1.82, 2.24) is 5.32 Å². The fraction of sp³-hybridized carbons (Fsp3) is 0.667. The Kier molecular flexibility index (Phi) is 4.08. The van der Waals surface area contributed by atoms with Crippen LogP contribution in [0.3, 0.4) is 0 Å². The second-order valence-corrected chi connectivity index (χ2v) is 8.99. The van der Waals surface area contributed by atoms with Crippen LogP contribution in [0.1, 0.15) is 59.5 Å². The van der Waals surface area contributed by atoms with Gasteiger partial charge in [-0.1, -0.05) is 0 Å². The van der Waals surface area contributed by atoms with Crippen LogP contribution in [-0.2, 0) is 10.9 Å². The molecule has 4 aliphatic rings. The lowest BCUT2D eigenvalue weighted by Gasteiger charge is -2.33. The van der Waals surface area contributed by atoms with E-state index in [4.69, 9.17) is 4.74 Å². The summed E-state index contributed by atoms with van der Waals surface area (Å²) in [5.74, 6) is -0.188. The van der Waals surface area contributed by atoms with Crippen LogP contribution in [0, 0.1) is 0 Å². The number of nitrogens with zero attached hydrogens (tertiary/aromatic N) is 1. The number of hydrogen-bond acceptors (Lipinski definition) is 2. The Bertz CT molecular complexity index is 799. The van der Waals surface area contributed by atoms with E-state index in [9.17, 15) is 18.0 Å². The number of rotatable bonds is 3. The summed E-state index contributed by atoms with van der Waals surface area (Å²) in [6, 6.07) is 3.49. The Hall–Kier alpha value is -1.60. The Labute approximate surface area is 162 Å². The Morgan fingerprint density at radius 3 is 2.64 bits per heavy atom. The third-order valence-electron chi connectivity index (χ3n) is 7.40. The van der Waals surface area contributed by atoms with Crippen molar-refractivity contribution in [2.24, 2.45) is 0 Å². The molecule has 1 aromatic carbocycles. The molecule has 3 aliphatic heterocycles. The maximum atomic E-state index is 13.1. The molecule has 1 amide bonds. The van der Waals surface area contributed by atoms with Crippen LogP contribution in [-0.4, -0.2) is 54.8 Å². The van der Waals surface area contributed by atoms with Gasteiger partial charge in [-0.05, 0) is 42.5 Å². The number of halogens is 3. The first kappa shape index (κ1) is 18.4. The van der Waals surface area contributed by atoms with Gasteiger partial charge in [0.05, 0.1) is 31.9 Å². The quantitative estimate of drug-likeness (QED) is 0.629. The normalized spacial score (nSPS) is 31.3. The first-order valence-electron chi connectivity index (χ1n) is 10.3. The largest absolute Gasteiger partial charge is 0.416 e. The second kappa shape index (κ2) is 6.20. The number of carbonyl (C=O) groups is 1. The molecule has 0 aromatic heterocycles. The molecule has 0 unspecified atom stereocenters. The highest BCUT2D eigenvalue weighted by atomic mass is 19.4. The fourth-order valence-electron chi connectivity index (χ4n) is 5.66. The van der Waals surface area contributed by atoms with Crippen molar-refractivity contribution in [3.8, 4) is 0 Å². The van der Waals surface area contributed by atoms with E-state index in [2.05, 4.69) is 5.32 Å². The van der Waals surface area contributed by atoms with Crippen molar-refractivity contribution >= 4 is 5.91 Å². The van der Waals surface area contributed by atoms with Gasteiger partial charge in [-0.25, -0.2) is 0 Å². The zero-order chi connectivity index (χ0) is 19.6. The smallest absolute Gasteiger partial charge is 0.379 e. The first-order chi connectivity index (χ1) is 13.3. The number of alkyl halides is 3. The average Bonchev–Trinajstić information content (AvgIpc) is 3.54. The molecule has 1 saturated carbocycles.